The largest absolute Gasteiger partial charge is 0.493 e. The molecule has 1 aromatic carbocycles. The molecule has 5 heteroatoms. The summed E-state index contributed by atoms with van der Waals surface area (Å²) < 4.78 is 10.5. The molecule has 2 rings (SSSR count). The van der Waals surface area contributed by atoms with Crippen molar-refractivity contribution in [2.24, 2.45) is 0 Å². The van der Waals surface area contributed by atoms with Gasteiger partial charge in [-0.15, -0.1) is 11.8 Å². The maximum Gasteiger partial charge on any atom is 0.223 e. The molecule has 0 saturated carbocycles. The molecule has 1 aliphatic rings. The third-order valence-electron chi connectivity index (χ3n) is 3.65. The first-order valence-electron chi connectivity index (χ1n) is 7.37. The molecule has 1 fully saturated rings. The van der Waals surface area contributed by atoms with E-state index in [1.54, 1.807) is 26.0 Å². The molecule has 0 bridgehead atoms. The Balaban J connectivity index is 1.81. The summed E-state index contributed by atoms with van der Waals surface area (Å²) in [6, 6.07) is 5.85. The van der Waals surface area contributed by atoms with E-state index in [-0.39, 0.29) is 5.91 Å². The highest BCUT2D eigenvalue weighted by molar-refractivity contribution is 7.99. The van der Waals surface area contributed by atoms with Crippen molar-refractivity contribution in [1.29, 1.82) is 0 Å². The Morgan fingerprint density at radius 3 is 2.52 bits per heavy atom. The van der Waals surface area contributed by atoms with Crippen LogP contribution in [0.3, 0.4) is 0 Å². The van der Waals surface area contributed by atoms with Crippen molar-refractivity contribution >= 4 is 17.7 Å². The van der Waals surface area contributed by atoms with Gasteiger partial charge < -0.3 is 14.4 Å². The SMILES string of the molecule is COc1ccc(SCCC(=O)N2CCCCC2)cc1OC. The summed E-state index contributed by atoms with van der Waals surface area (Å²) in [6.45, 7) is 1.86. The molecule has 0 atom stereocenters. The third-order valence-corrected chi connectivity index (χ3v) is 4.64. The summed E-state index contributed by atoms with van der Waals surface area (Å²) in [5.74, 6) is 2.53. The number of nitrogens with zero attached hydrogens (tertiary/aromatic N) is 1. The number of hydrogen-bond donors (Lipinski definition) is 0. The van der Waals surface area contributed by atoms with E-state index in [1.807, 2.05) is 23.1 Å². The molecule has 0 unspecified atom stereocenters. The number of thioether (sulfide) groups is 1. The molecule has 0 aliphatic carbocycles. The molecule has 0 aromatic heterocycles. The lowest BCUT2D eigenvalue weighted by Gasteiger charge is -2.26. The van der Waals surface area contributed by atoms with Crippen LogP contribution >= 0.6 is 11.8 Å². The molecule has 116 valence electrons. The van der Waals surface area contributed by atoms with Crippen LogP contribution < -0.4 is 9.47 Å². The molecule has 1 aromatic rings. The minimum Gasteiger partial charge on any atom is -0.493 e. The molecule has 0 spiro atoms. The summed E-state index contributed by atoms with van der Waals surface area (Å²) in [5, 5.41) is 0. The first kappa shape index (κ1) is 16.0. The van der Waals surface area contributed by atoms with Crippen molar-refractivity contribution in [1.82, 2.24) is 4.90 Å². The lowest BCUT2D eigenvalue weighted by molar-refractivity contribution is -0.131. The monoisotopic (exact) mass is 309 g/mol. The van der Waals surface area contributed by atoms with E-state index in [9.17, 15) is 4.79 Å². The Morgan fingerprint density at radius 2 is 1.86 bits per heavy atom. The fourth-order valence-electron chi connectivity index (χ4n) is 2.46. The van der Waals surface area contributed by atoms with E-state index >= 15 is 0 Å². The lowest BCUT2D eigenvalue weighted by atomic mass is 10.1. The van der Waals surface area contributed by atoms with Crippen LogP contribution in [0.4, 0.5) is 0 Å². The van der Waals surface area contributed by atoms with E-state index in [2.05, 4.69) is 0 Å². The Labute approximate surface area is 130 Å². The summed E-state index contributed by atoms with van der Waals surface area (Å²) in [4.78, 5) is 15.2. The minimum absolute atomic E-state index is 0.280. The van der Waals surface area contributed by atoms with Gasteiger partial charge in [0.05, 0.1) is 14.2 Å². The topological polar surface area (TPSA) is 38.8 Å². The fraction of sp³-hybridized carbons (Fsp3) is 0.562. The number of methoxy groups -OCH3 is 2. The van der Waals surface area contributed by atoms with Gasteiger partial charge in [-0.25, -0.2) is 0 Å². The number of carbonyl (C=O) groups excluding carboxylic acids is 1. The number of piperidine rings is 1. The van der Waals surface area contributed by atoms with Crippen molar-refractivity contribution < 1.29 is 14.3 Å². The number of likely N-dealkylation sites (tertiary alicyclic amines) is 1. The summed E-state index contributed by atoms with van der Waals surface area (Å²) >= 11 is 1.68. The second kappa shape index (κ2) is 8.17. The zero-order valence-electron chi connectivity index (χ0n) is 12.8. The van der Waals surface area contributed by atoms with E-state index in [0.717, 1.165) is 48.1 Å². The van der Waals surface area contributed by atoms with Gasteiger partial charge in [-0.2, -0.15) is 0 Å². The van der Waals surface area contributed by atoms with Crippen LogP contribution in [0.25, 0.3) is 0 Å². The van der Waals surface area contributed by atoms with Gasteiger partial charge in [0.25, 0.3) is 0 Å². The predicted molar refractivity (Wildman–Crippen MR) is 85.3 cm³/mol. The average Bonchev–Trinajstić information content (AvgIpc) is 2.55. The molecular weight excluding hydrogens is 286 g/mol. The van der Waals surface area contributed by atoms with Crippen LogP contribution in [0.2, 0.25) is 0 Å². The highest BCUT2D eigenvalue weighted by Gasteiger charge is 2.16. The number of carbonyl (C=O) groups is 1. The van der Waals surface area contributed by atoms with E-state index in [4.69, 9.17) is 9.47 Å². The maximum atomic E-state index is 12.1. The lowest BCUT2D eigenvalue weighted by Crippen LogP contribution is -2.35. The van der Waals surface area contributed by atoms with Gasteiger partial charge in [-0.05, 0) is 37.5 Å². The normalized spacial score (nSPS) is 14.9. The molecule has 0 N–H and O–H groups in total. The summed E-state index contributed by atoms with van der Waals surface area (Å²) in [5.41, 5.74) is 0. The Morgan fingerprint density at radius 1 is 1.14 bits per heavy atom. The quantitative estimate of drug-likeness (QED) is 0.757. The number of benzene rings is 1. The van der Waals surface area contributed by atoms with Gasteiger partial charge in [-0.3, -0.25) is 4.79 Å². The number of hydrogen-bond acceptors (Lipinski definition) is 4. The molecule has 1 aliphatic heterocycles. The molecular formula is C16H23NO3S. The Hall–Kier alpha value is -1.36. The van der Waals surface area contributed by atoms with Gasteiger partial charge in [0, 0.05) is 30.2 Å². The van der Waals surface area contributed by atoms with Crippen molar-refractivity contribution in [2.45, 2.75) is 30.6 Å². The van der Waals surface area contributed by atoms with Crippen molar-refractivity contribution in [3.8, 4) is 11.5 Å². The highest BCUT2D eigenvalue weighted by Crippen LogP contribution is 2.32. The van der Waals surface area contributed by atoms with Crippen LogP contribution in [0, 0.1) is 0 Å². The third kappa shape index (κ3) is 4.56. The Bertz CT molecular complexity index is 473. The van der Waals surface area contributed by atoms with Gasteiger partial charge in [0.2, 0.25) is 5.91 Å². The van der Waals surface area contributed by atoms with Crippen LogP contribution in [0.5, 0.6) is 11.5 Å². The van der Waals surface area contributed by atoms with E-state index in [1.165, 1.54) is 6.42 Å². The van der Waals surface area contributed by atoms with Gasteiger partial charge in [0.15, 0.2) is 11.5 Å². The second-order valence-corrected chi connectivity index (χ2v) is 6.23. The van der Waals surface area contributed by atoms with Gasteiger partial charge in [0.1, 0.15) is 0 Å². The first-order valence-corrected chi connectivity index (χ1v) is 8.35. The Kier molecular flexibility index (Phi) is 6.23. The number of amides is 1. The van der Waals surface area contributed by atoms with Crippen molar-refractivity contribution in [3.05, 3.63) is 18.2 Å². The average molecular weight is 309 g/mol. The number of rotatable bonds is 6. The number of ether oxygens (including phenoxy) is 2. The summed E-state index contributed by atoms with van der Waals surface area (Å²) in [7, 11) is 3.26. The van der Waals surface area contributed by atoms with Gasteiger partial charge in [-0.1, -0.05) is 0 Å². The predicted octanol–water partition coefficient (Wildman–Crippen LogP) is 3.20. The highest BCUT2D eigenvalue weighted by atomic mass is 32.2. The van der Waals surface area contributed by atoms with E-state index in [0.29, 0.717) is 6.42 Å². The van der Waals surface area contributed by atoms with Crippen molar-refractivity contribution in [3.63, 3.8) is 0 Å². The minimum atomic E-state index is 0.280. The maximum absolute atomic E-state index is 12.1. The van der Waals surface area contributed by atoms with E-state index < -0.39 is 0 Å². The fourth-order valence-corrected chi connectivity index (χ4v) is 3.33. The molecule has 1 saturated heterocycles. The summed E-state index contributed by atoms with van der Waals surface area (Å²) in [6.07, 6.45) is 4.15. The molecule has 21 heavy (non-hydrogen) atoms. The van der Waals surface area contributed by atoms with Crippen LogP contribution in [-0.2, 0) is 4.79 Å². The standard InChI is InChI=1S/C16H23NO3S/c1-19-14-7-6-13(12-15(14)20-2)21-11-8-16(18)17-9-4-3-5-10-17/h6-7,12H,3-5,8-11H2,1-2H3. The second-order valence-electron chi connectivity index (χ2n) is 5.06. The smallest absolute Gasteiger partial charge is 0.223 e. The van der Waals surface area contributed by atoms with Crippen LogP contribution in [0.15, 0.2) is 23.1 Å². The molecule has 0 radical (unpaired) electrons. The molecule has 1 heterocycles. The first-order chi connectivity index (χ1) is 10.2. The molecule has 4 nitrogen and oxygen atoms in total. The molecule has 1 amide bonds. The van der Waals surface area contributed by atoms with Crippen LogP contribution in [0.1, 0.15) is 25.7 Å². The van der Waals surface area contributed by atoms with Crippen LogP contribution in [-0.4, -0.2) is 43.9 Å². The van der Waals surface area contributed by atoms with Gasteiger partial charge >= 0.3 is 0 Å². The zero-order chi connectivity index (χ0) is 15.1. The zero-order valence-corrected chi connectivity index (χ0v) is 13.6. The van der Waals surface area contributed by atoms with Crippen molar-refractivity contribution in [2.75, 3.05) is 33.1 Å².